The minimum Gasteiger partial charge on any atom is -0.483 e. The summed E-state index contributed by atoms with van der Waals surface area (Å²) in [5, 5.41) is 0. The van der Waals surface area contributed by atoms with Gasteiger partial charge >= 0.3 is 0 Å². The number of rotatable bonds is 7. The van der Waals surface area contributed by atoms with E-state index in [4.69, 9.17) is 9.47 Å². The van der Waals surface area contributed by atoms with E-state index in [9.17, 15) is 0 Å². The third-order valence-corrected chi connectivity index (χ3v) is 3.73. The Hall–Kier alpha value is -3.14. The van der Waals surface area contributed by atoms with Crippen molar-refractivity contribution >= 4 is 0 Å². The van der Waals surface area contributed by atoms with E-state index < -0.39 is 0 Å². The van der Waals surface area contributed by atoms with Gasteiger partial charge in [0, 0.05) is 6.08 Å². The minimum absolute atomic E-state index is 0.458. The van der Waals surface area contributed by atoms with Crippen molar-refractivity contribution in [3.8, 4) is 0 Å². The van der Waals surface area contributed by atoms with Crippen LogP contribution in [0.4, 0.5) is 0 Å². The quantitative estimate of drug-likeness (QED) is 0.798. The predicted molar refractivity (Wildman–Crippen MR) is 98.7 cm³/mol. The lowest BCUT2D eigenvalue weighted by Gasteiger charge is -2.24. The van der Waals surface area contributed by atoms with Gasteiger partial charge in [-0.05, 0) is 23.6 Å². The molecule has 0 spiro atoms. The molecule has 1 heterocycles. The first-order chi connectivity index (χ1) is 12.2. The number of nitrogens with one attached hydrogen (secondary N) is 2. The Labute approximate surface area is 148 Å². The lowest BCUT2D eigenvalue weighted by atomic mass is 10.2. The molecule has 0 bridgehead atoms. The molecule has 0 aliphatic carbocycles. The molecule has 0 atom stereocenters. The molecule has 1 aliphatic heterocycles. The Morgan fingerprint density at radius 3 is 1.96 bits per heavy atom. The summed E-state index contributed by atoms with van der Waals surface area (Å²) in [5.74, 6) is 1.21. The average Bonchev–Trinajstić information content (AvgIpc) is 2.66. The molecule has 2 N–H and O–H groups in total. The normalized spacial score (nSPS) is 13.4. The van der Waals surface area contributed by atoms with Crippen molar-refractivity contribution < 1.29 is 9.47 Å². The van der Waals surface area contributed by atoms with Crippen LogP contribution in [0, 0.1) is 0 Å². The highest BCUT2D eigenvalue weighted by molar-refractivity contribution is 5.34. The van der Waals surface area contributed by atoms with Gasteiger partial charge < -0.3 is 9.47 Å². The van der Waals surface area contributed by atoms with E-state index in [0.29, 0.717) is 24.9 Å². The average molecular weight is 334 g/mol. The predicted octanol–water partition coefficient (Wildman–Crippen LogP) is 4.16. The number of benzene rings is 2. The third-order valence-electron chi connectivity index (χ3n) is 3.73. The van der Waals surface area contributed by atoms with Crippen LogP contribution in [0.25, 0.3) is 0 Å². The maximum absolute atomic E-state index is 5.99. The largest absolute Gasteiger partial charge is 0.483 e. The SMILES string of the molecule is C=C(C)C1=CC(OCc2ccccc2)=C(OCc2ccccc2)NN1. The van der Waals surface area contributed by atoms with Crippen molar-refractivity contribution in [3.63, 3.8) is 0 Å². The van der Waals surface area contributed by atoms with Crippen molar-refractivity contribution in [2.45, 2.75) is 20.1 Å². The fraction of sp³-hybridized carbons (Fsp3) is 0.143. The Morgan fingerprint density at radius 2 is 1.40 bits per heavy atom. The zero-order valence-electron chi connectivity index (χ0n) is 14.3. The highest BCUT2D eigenvalue weighted by atomic mass is 16.5. The van der Waals surface area contributed by atoms with Gasteiger partial charge in [-0.1, -0.05) is 67.2 Å². The Balaban J connectivity index is 1.74. The molecule has 25 heavy (non-hydrogen) atoms. The lowest BCUT2D eigenvalue weighted by Crippen LogP contribution is -2.36. The summed E-state index contributed by atoms with van der Waals surface area (Å²) in [4.78, 5) is 0. The van der Waals surface area contributed by atoms with Crippen LogP contribution in [0.1, 0.15) is 18.1 Å². The molecule has 0 aromatic heterocycles. The minimum atomic E-state index is 0.458. The molecule has 2 aromatic carbocycles. The molecular formula is C21H22N2O2. The first-order valence-electron chi connectivity index (χ1n) is 8.19. The standard InChI is InChI=1S/C21H22N2O2/c1-16(2)19-13-20(24-14-17-9-5-3-6-10-17)21(23-22-19)25-15-18-11-7-4-8-12-18/h3-13,22-23H,1,14-15H2,2H3. The molecule has 0 fully saturated rings. The second-order valence-electron chi connectivity index (χ2n) is 5.83. The fourth-order valence-corrected chi connectivity index (χ4v) is 2.33. The molecule has 0 saturated carbocycles. The van der Waals surface area contributed by atoms with Crippen LogP contribution >= 0.6 is 0 Å². The number of hydrogen-bond donors (Lipinski definition) is 2. The number of hydrazine groups is 1. The highest BCUT2D eigenvalue weighted by Crippen LogP contribution is 2.19. The Kier molecular flexibility index (Phi) is 5.42. The van der Waals surface area contributed by atoms with E-state index in [2.05, 4.69) is 17.4 Å². The summed E-state index contributed by atoms with van der Waals surface area (Å²) < 4.78 is 11.9. The summed E-state index contributed by atoms with van der Waals surface area (Å²) in [6.45, 7) is 6.82. The van der Waals surface area contributed by atoms with Crippen molar-refractivity contribution in [1.29, 1.82) is 0 Å². The van der Waals surface area contributed by atoms with Crippen LogP contribution in [-0.4, -0.2) is 0 Å². The van der Waals surface area contributed by atoms with Gasteiger partial charge in [-0.3, -0.25) is 10.9 Å². The van der Waals surface area contributed by atoms with Gasteiger partial charge in [0.15, 0.2) is 5.76 Å². The van der Waals surface area contributed by atoms with E-state index >= 15 is 0 Å². The molecule has 0 radical (unpaired) electrons. The second kappa shape index (κ2) is 8.11. The molecule has 0 unspecified atom stereocenters. The first-order valence-corrected chi connectivity index (χ1v) is 8.19. The number of ether oxygens (including phenoxy) is 2. The van der Waals surface area contributed by atoms with Gasteiger partial charge in [0.05, 0.1) is 5.70 Å². The zero-order chi connectivity index (χ0) is 17.5. The van der Waals surface area contributed by atoms with Gasteiger partial charge in [0.1, 0.15) is 13.2 Å². The monoisotopic (exact) mass is 334 g/mol. The molecule has 2 aromatic rings. The molecule has 4 heteroatoms. The summed E-state index contributed by atoms with van der Waals surface area (Å²) >= 11 is 0. The van der Waals surface area contributed by atoms with Crippen molar-refractivity contribution in [2.24, 2.45) is 0 Å². The summed E-state index contributed by atoms with van der Waals surface area (Å²) in [5.41, 5.74) is 10.1. The Morgan fingerprint density at radius 1 is 0.840 bits per heavy atom. The van der Waals surface area contributed by atoms with E-state index in [1.165, 1.54) is 0 Å². The molecule has 4 nitrogen and oxygen atoms in total. The summed E-state index contributed by atoms with van der Waals surface area (Å²) in [6.07, 6.45) is 1.90. The van der Waals surface area contributed by atoms with Gasteiger partial charge in [-0.25, -0.2) is 0 Å². The molecule has 0 saturated heterocycles. The Bertz CT molecular complexity index is 780. The van der Waals surface area contributed by atoms with E-state index in [-0.39, 0.29) is 0 Å². The molecule has 0 amide bonds. The first kappa shape index (κ1) is 16.7. The highest BCUT2D eigenvalue weighted by Gasteiger charge is 2.16. The summed E-state index contributed by atoms with van der Waals surface area (Å²) in [7, 11) is 0. The number of allylic oxidation sites excluding steroid dienone is 2. The molecule has 3 rings (SSSR count). The van der Waals surface area contributed by atoms with Crippen molar-refractivity contribution in [2.75, 3.05) is 0 Å². The van der Waals surface area contributed by atoms with E-state index in [0.717, 1.165) is 22.4 Å². The maximum Gasteiger partial charge on any atom is 0.249 e. The van der Waals surface area contributed by atoms with Crippen molar-refractivity contribution in [3.05, 3.63) is 107 Å². The maximum atomic E-state index is 5.99. The summed E-state index contributed by atoms with van der Waals surface area (Å²) in [6, 6.07) is 20.1. The van der Waals surface area contributed by atoms with Crippen LogP contribution in [0.2, 0.25) is 0 Å². The smallest absolute Gasteiger partial charge is 0.249 e. The lowest BCUT2D eigenvalue weighted by molar-refractivity contribution is 0.123. The fourth-order valence-electron chi connectivity index (χ4n) is 2.33. The van der Waals surface area contributed by atoms with E-state index in [1.54, 1.807) is 0 Å². The van der Waals surface area contributed by atoms with Gasteiger partial charge in [0.25, 0.3) is 0 Å². The van der Waals surface area contributed by atoms with E-state index in [1.807, 2.05) is 73.7 Å². The molecular weight excluding hydrogens is 312 g/mol. The van der Waals surface area contributed by atoms with Gasteiger partial charge in [0.2, 0.25) is 5.88 Å². The van der Waals surface area contributed by atoms with Gasteiger partial charge in [-0.2, -0.15) is 0 Å². The van der Waals surface area contributed by atoms with Gasteiger partial charge in [-0.15, -0.1) is 0 Å². The topological polar surface area (TPSA) is 42.5 Å². The van der Waals surface area contributed by atoms with Crippen LogP contribution in [0.3, 0.4) is 0 Å². The van der Waals surface area contributed by atoms with Crippen LogP contribution < -0.4 is 10.9 Å². The molecule has 128 valence electrons. The zero-order valence-corrected chi connectivity index (χ0v) is 14.3. The van der Waals surface area contributed by atoms with Crippen LogP contribution in [0.15, 0.2) is 96.2 Å². The van der Waals surface area contributed by atoms with Crippen molar-refractivity contribution in [1.82, 2.24) is 10.9 Å². The number of hydrogen-bond acceptors (Lipinski definition) is 4. The molecule has 1 aliphatic rings. The van der Waals surface area contributed by atoms with Crippen LogP contribution in [-0.2, 0) is 22.7 Å². The third kappa shape index (κ3) is 4.67. The van der Waals surface area contributed by atoms with Crippen LogP contribution in [0.5, 0.6) is 0 Å². The second-order valence-corrected chi connectivity index (χ2v) is 5.83.